The fourth-order valence-corrected chi connectivity index (χ4v) is 3.75. The van der Waals surface area contributed by atoms with Crippen molar-refractivity contribution in [3.63, 3.8) is 0 Å². The van der Waals surface area contributed by atoms with Crippen molar-refractivity contribution >= 4 is 0 Å². The molecule has 6 nitrogen and oxygen atoms in total. The summed E-state index contributed by atoms with van der Waals surface area (Å²) in [6.07, 6.45) is 0. The smallest absolute Gasteiger partial charge is 0.123 e. The molecule has 3 aromatic rings. The highest BCUT2D eigenvalue weighted by Crippen LogP contribution is 2.50. The molecular formula is C22H22O6. The second-order valence-electron chi connectivity index (χ2n) is 6.68. The Kier molecular flexibility index (Phi) is 5.07. The van der Waals surface area contributed by atoms with Crippen LogP contribution >= 0.6 is 0 Å². The summed E-state index contributed by atoms with van der Waals surface area (Å²) in [6.45, 7) is 1.47. The number of ether oxygens (including phenoxy) is 1. The number of aliphatic hydroxyl groups excluding tert-OH is 1. The minimum Gasteiger partial charge on any atom is -0.508 e. The van der Waals surface area contributed by atoms with Gasteiger partial charge in [-0.3, -0.25) is 0 Å². The topological polar surface area (TPSA) is 110 Å². The third-order valence-corrected chi connectivity index (χ3v) is 5.04. The maximum absolute atomic E-state index is 10.6. The highest BCUT2D eigenvalue weighted by atomic mass is 16.5. The lowest BCUT2D eigenvalue weighted by atomic mass is 9.68. The summed E-state index contributed by atoms with van der Waals surface area (Å²) in [7, 11) is 1.49. The molecule has 6 heteroatoms. The standard InChI is InChI=1S/C22H22O6/c1-22(16-8-6-14(24)10-18(16)26,17-9-7-15(25)11-19(17)27)21-13(12-23)4-3-5-20(21)28-2/h3-11,23-27H,12H2,1-2H3. The molecule has 0 aromatic heterocycles. The zero-order valence-corrected chi connectivity index (χ0v) is 15.5. The van der Waals surface area contributed by atoms with E-state index in [1.54, 1.807) is 37.3 Å². The number of methoxy groups -OCH3 is 1. The Morgan fingerprint density at radius 3 is 1.79 bits per heavy atom. The number of aromatic hydroxyl groups is 4. The molecule has 0 radical (unpaired) electrons. The van der Waals surface area contributed by atoms with E-state index in [9.17, 15) is 25.5 Å². The molecule has 0 spiro atoms. The molecule has 3 rings (SSSR count). The molecule has 28 heavy (non-hydrogen) atoms. The summed E-state index contributed by atoms with van der Waals surface area (Å²) in [5, 5.41) is 50.7. The van der Waals surface area contributed by atoms with Gasteiger partial charge in [-0.25, -0.2) is 0 Å². The summed E-state index contributed by atoms with van der Waals surface area (Å²) in [6, 6.07) is 13.6. The van der Waals surface area contributed by atoms with Gasteiger partial charge in [0.25, 0.3) is 0 Å². The van der Waals surface area contributed by atoms with Crippen LogP contribution in [0.3, 0.4) is 0 Å². The van der Waals surface area contributed by atoms with Gasteiger partial charge in [0.2, 0.25) is 0 Å². The van der Waals surface area contributed by atoms with Crippen molar-refractivity contribution in [2.24, 2.45) is 0 Å². The van der Waals surface area contributed by atoms with Gasteiger partial charge in [0, 0.05) is 28.8 Å². The Bertz CT molecular complexity index is 938. The first-order valence-corrected chi connectivity index (χ1v) is 8.65. The Labute approximate surface area is 162 Å². The van der Waals surface area contributed by atoms with Crippen LogP contribution in [-0.4, -0.2) is 32.6 Å². The van der Waals surface area contributed by atoms with E-state index in [4.69, 9.17) is 4.74 Å². The number of phenols is 4. The number of phenolic OH excluding ortho intramolecular Hbond substituents is 4. The summed E-state index contributed by atoms with van der Waals surface area (Å²) < 4.78 is 5.53. The zero-order chi connectivity index (χ0) is 20.5. The number of rotatable bonds is 5. The molecule has 5 N–H and O–H groups in total. The van der Waals surface area contributed by atoms with Gasteiger partial charge in [-0.1, -0.05) is 24.3 Å². The van der Waals surface area contributed by atoms with Crippen molar-refractivity contribution in [3.05, 3.63) is 76.9 Å². The largest absolute Gasteiger partial charge is 0.508 e. The van der Waals surface area contributed by atoms with E-state index < -0.39 is 5.41 Å². The summed E-state index contributed by atoms with van der Waals surface area (Å²) in [5.74, 6) is -0.148. The van der Waals surface area contributed by atoms with Gasteiger partial charge in [-0.15, -0.1) is 0 Å². The Balaban J connectivity index is 2.46. The van der Waals surface area contributed by atoms with Crippen molar-refractivity contribution < 1.29 is 30.3 Å². The zero-order valence-electron chi connectivity index (χ0n) is 15.5. The van der Waals surface area contributed by atoms with E-state index in [0.29, 0.717) is 28.0 Å². The quantitative estimate of drug-likeness (QED) is 0.433. The van der Waals surface area contributed by atoms with E-state index in [1.807, 2.05) is 0 Å². The molecule has 0 aliphatic heterocycles. The predicted octanol–water partition coefficient (Wildman–Crippen LogP) is 3.36. The first kappa shape index (κ1) is 19.4. The van der Waals surface area contributed by atoms with E-state index in [2.05, 4.69) is 0 Å². The third-order valence-electron chi connectivity index (χ3n) is 5.04. The lowest BCUT2D eigenvalue weighted by Gasteiger charge is -2.35. The molecule has 0 bridgehead atoms. The highest BCUT2D eigenvalue weighted by Gasteiger charge is 2.40. The minimum atomic E-state index is -1.18. The average molecular weight is 382 g/mol. The second kappa shape index (κ2) is 7.32. The minimum absolute atomic E-state index is 0.110. The van der Waals surface area contributed by atoms with Crippen LogP contribution in [0.25, 0.3) is 0 Å². The van der Waals surface area contributed by atoms with Crippen LogP contribution in [0.15, 0.2) is 54.6 Å². The lowest BCUT2D eigenvalue weighted by Crippen LogP contribution is -2.28. The van der Waals surface area contributed by atoms with Crippen LogP contribution < -0.4 is 4.74 Å². The van der Waals surface area contributed by atoms with Crippen molar-refractivity contribution in [1.29, 1.82) is 0 Å². The Morgan fingerprint density at radius 2 is 1.36 bits per heavy atom. The molecule has 0 amide bonds. The number of benzene rings is 3. The van der Waals surface area contributed by atoms with E-state index in [-0.39, 0.29) is 29.6 Å². The molecule has 0 atom stereocenters. The van der Waals surface area contributed by atoms with Gasteiger partial charge in [0.15, 0.2) is 0 Å². The summed E-state index contributed by atoms with van der Waals surface area (Å²) in [5.41, 5.74) is 0.667. The fourth-order valence-electron chi connectivity index (χ4n) is 3.75. The lowest BCUT2D eigenvalue weighted by molar-refractivity contribution is 0.277. The van der Waals surface area contributed by atoms with Crippen molar-refractivity contribution in [1.82, 2.24) is 0 Å². The maximum atomic E-state index is 10.6. The van der Waals surface area contributed by atoms with Crippen LogP contribution in [-0.2, 0) is 12.0 Å². The molecular weight excluding hydrogens is 360 g/mol. The molecule has 0 aliphatic rings. The SMILES string of the molecule is COc1cccc(CO)c1C(C)(c1ccc(O)cc1O)c1ccc(O)cc1O. The molecule has 0 heterocycles. The van der Waals surface area contributed by atoms with Gasteiger partial charge >= 0.3 is 0 Å². The Hall–Kier alpha value is -3.38. The molecule has 3 aromatic carbocycles. The maximum Gasteiger partial charge on any atom is 0.123 e. The van der Waals surface area contributed by atoms with Crippen molar-refractivity contribution in [2.75, 3.05) is 7.11 Å². The summed E-state index contributed by atoms with van der Waals surface area (Å²) >= 11 is 0. The van der Waals surface area contributed by atoms with Gasteiger partial charge < -0.3 is 30.3 Å². The van der Waals surface area contributed by atoms with Gasteiger partial charge in [0.05, 0.1) is 19.1 Å². The number of hydrogen-bond acceptors (Lipinski definition) is 6. The molecule has 0 saturated carbocycles. The second-order valence-corrected chi connectivity index (χ2v) is 6.68. The van der Waals surface area contributed by atoms with Gasteiger partial charge in [-0.2, -0.15) is 0 Å². The normalized spacial score (nSPS) is 11.4. The van der Waals surface area contributed by atoms with Gasteiger partial charge in [0.1, 0.15) is 28.7 Å². The third kappa shape index (κ3) is 3.08. The monoisotopic (exact) mass is 382 g/mol. The van der Waals surface area contributed by atoms with Crippen LogP contribution in [0.5, 0.6) is 28.7 Å². The number of aliphatic hydroxyl groups is 1. The van der Waals surface area contributed by atoms with Crippen LogP contribution in [0.1, 0.15) is 29.2 Å². The van der Waals surface area contributed by atoms with E-state index in [0.717, 1.165) is 0 Å². The first-order chi connectivity index (χ1) is 13.3. The first-order valence-electron chi connectivity index (χ1n) is 8.65. The fraction of sp³-hybridized carbons (Fsp3) is 0.182. The van der Waals surface area contributed by atoms with Crippen molar-refractivity contribution in [2.45, 2.75) is 18.9 Å². The van der Waals surface area contributed by atoms with Crippen LogP contribution in [0, 0.1) is 0 Å². The number of hydrogen-bond donors (Lipinski definition) is 5. The molecule has 0 saturated heterocycles. The van der Waals surface area contributed by atoms with Crippen molar-refractivity contribution in [3.8, 4) is 28.7 Å². The molecule has 146 valence electrons. The van der Waals surface area contributed by atoms with E-state index >= 15 is 0 Å². The van der Waals surface area contributed by atoms with E-state index in [1.165, 1.54) is 31.4 Å². The van der Waals surface area contributed by atoms with Crippen LogP contribution in [0.4, 0.5) is 0 Å². The summed E-state index contributed by atoms with van der Waals surface area (Å²) in [4.78, 5) is 0. The molecule has 0 aliphatic carbocycles. The van der Waals surface area contributed by atoms with Crippen LogP contribution in [0.2, 0.25) is 0 Å². The predicted molar refractivity (Wildman–Crippen MR) is 104 cm³/mol. The molecule has 0 fully saturated rings. The highest BCUT2D eigenvalue weighted by molar-refractivity contribution is 5.64. The molecule has 0 unspecified atom stereocenters. The Morgan fingerprint density at radius 1 is 0.821 bits per heavy atom. The van der Waals surface area contributed by atoms with Gasteiger partial charge in [-0.05, 0) is 30.7 Å². The average Bonchev–Trinajstić information content (AvgIpc) is 2.66.